The van der Waals surface area contributed by atoms with Crippen molar-refractivity contribution in [2.24, 2.45) is 0 Å². The zero-order chi connectivity index (χ0) is 20.3. The Morgan fingerprint density at radius 1 is 1.00 bits per heavy atom. The third kappa shape index (κ3) is 4.32. The van der Waals surface area contributed by atoms with Gasteiger partial charge in [0.05, 0.1) is 12.2 Å². The number of ketones is 1. The van der Waals surface area contributed by atoms with E-state index in [-0.39, 0.29) is 29.3 Å². The smallest absolute Gasteiger partial charge is 0.229 e. The van der Waals surface area contributed by atoms with Crippen molar-refractivity contribution in [3.8, 4) is 11.5 Å². The average molecular weight is 390 g/mol. The third-order valence-corrected chi connectivity index (χ3v) is 4.58. The number of aliphatic hydroxyl groups excluding tert-OH is 4. The average Bonchev–Trinajstić information content (AvgIpc) is 2.69. The molecule has 0 bridgehead atoms. The van der Waals surface area contributed by atoms with E-state index in [1.807, 2.05) is 30.3 Å². The predicted molar refractivity (Wildman–Crippen MR) is 97.0 cm³/mol. The first-order valence-electron chi connectivity index (χ1n) is 8.78. The van der Waals surface area contributed by atoms with Gasteiger partial charge in [0.2, 0.25) is 6.29 Å². The molecule has 0 amide bonds. The monoisotopic (exact) mass is 390 g/mol. The number of rotatable bonds is 6. The van der Waals surface area contributed by atoms with Crippen LogP contribution in [0.1, 0.15) is 15.9 Å². The van der Waals surface area contributed by atoms with Gasteiger partial charge in [0, 0.05) is 12.5 Å². The first kappa shape index (κ1) is 20.2. The van der Waals surface area contributed by atoms with Gasteiger partial charge in [-0.1, -0.05) is 30.3 Å². The van der Waals surface area contributed by atoms with E-state index in [1.165, 1.54) is 18.2 Å². The van der Waals surface area contributed by atoms with Gasteiger partial charge in [0.25, 0.3) is 0 Å². The van der Waals surface area contributed by atoms with Gasteiger partial charge in [-0.05, 0) is 17.7 Å². The number of carbonyl (C=O) groups is 1. The highest BCUT2D eigenvalue weighted by Crippen LogP contribution is 2.29. The lowest BCUT2D eigenvalue weighted by molar-refractivity contribution is -0.277. The Labute approximate surface area is 161 Å². The van der Waals surface area contributed by atoms with Crippen LogP contribution in [-0.4, -0.2) is 68.6 Å². The van der Waals surface area contributed by atoms with Crippen molar-refractivity contribution in [3.63, 3.8) is 0 Å². The van der Waals surface area contributed by atoms with Crippen LogP contribution >= 0.6 is 0 Å². The highest BCUT2D eigenvalue weighted by molar-refractivity contribution is 6.00. The maximum atomic E-state index is 12.4. The molecular weight excluding hydrogens is 368 g/mol. The number of benzene rings is 2. The lowest BCUT2D eigenvalue weighted by Crippen LogP contribution is -2.60. The van der Waals surface area contributed by atoms with Crippen molar-refractivity contribution in [2.75, 3.05) is 6.61 Å². The fourth-order valence-electron chi connectivity index (χ4n) is 3.00. The van der Waals surface area contributed by atoms with Gasteiger partial charge in [0.1, 0.15) is 35.9 Å². The highest BCUT2D eigenvalue weighted by Gasteiger charge is 2.44. The summed E-state index contributed by atoms with van der Waals surface area (Å²) in [7, 11) is 0. The van der Waals surface area contributed by atoms with E-state index in [0.717, 1.165) is 5.56 Å². The zero-order valence-corrected chi connectivity index (χ0v) is 14.9. The van der Waals surface area contributed by atoms with Crippen molar-refractivity contribution >= 4 is 5.78 Å². The fourth-order valence-corrected chi connectivity index (χ4v) is 3.00. The van der Waals surface area contributed by atoms with Crippen LogP contribution in [0.25, 0.3) is 0 Å². The number of ether oxygens (including phenoxy) is 2. The molecule has 2 aromatic rings. The Balaban J connectivity index is 1.71. The standard InChI is InChI=1S/C20H22O8/c21-10-16-17(24)18(25)19(26)20(28-16)27-12-6-7-13(15(23)9-12)14(22)8-11-4-2-1-3-5-11/h1-7,9,16-21,23-26H,8,10H2/t16-,17-,18+,19-,20+/m0/s1. The van der Waals surface area contributed by atoms with Crippen LogP contribution in [0.15, 0.2) is 48.5 Å². The molecule has 8 heteroatoms. The molecule has 150 valence electrons. The largest absolute Gasteiger partial charge is 0.507 e. The Bertz CT molecular complexity index is 807. The Hall–Kier alpha value is -2.49. The zero-order valence-electron chi connectivity index (χ0n) is 14.9. The second-order valence-electron chi connectivity index (χ2n) is 6.58. The maximum Gasteiger partial charge on any atom is 0.229 e. The minimum atomic E-state index is -1.57. The van der Waals surface area contributed by atoms with Gasteiger partial charge >= 0.3 is 0 Å². The normalized spacial score (nSPS) is 27.4. The first-order chi connectivity index (χ1) is 13.4. The second-order valence-corrected chi connectivity index (χ2v) is 6.58. The number of hydrogen-bond acceptors (Lipinski definition) is 8. The number of phenolic OH excluding ortho intramolecular Hbond substituents is 1. The Morgan fingerprint density at radius 3 is 2.36 bits per heavy atom. The molecule has 2 aromatic carbocycles. The molecule has 0 saturated carbocycles. The van der Waals surface area contributed by atoms with Crippen molar-refractivity contribution in [1.82, 2.24) is 0 Å². The third-order valence-electron chi connectivity index (χ3n) is 4.58. The molecule has 0 radical (unpaired) electrons. The van der Waals surface area contributed by atoms with Crippen LogP contribution in [-0.2, 0) is 11.2 Å². The molecule has 0 aromatic heterocycles. The molecule has 5 atom stereocenters. The van der Waals surface area contributed by atoms with E-state index in [9.17, 15) is 30.3 Å². The quantitative estimate of drug-likeness (QED) is 0.435. The Kier molecular flexibility index (Phi) is 6.28. The molecule has 8 nitrogen and oxygen atoms in total. The van der Waals surface area contributed by atoms with Gasteiger partial charge in [0.15, 0.2) is 5.78 Å². The summed E-state index contributed by atoms with van der Waals surface area (Å²) in [5.74, 6) is -0.496. The number of phenols is 1. The van der Waals surface area contributed by atoms with Crippen molar-refractivity contribution in [2.45, 2.75) is 37.1 Å². The van der Waals surface area contributed by atoms with Crippen LogP contribution in [0.3, 0.4) is 0 Å². The Morgan fingerprint density at radius 2 is 1.71 bits per heavy atom. The van der Waals surface area contributed by atoms with Crippen molar-refractivity contribution in [1.29, 1.82) is 0 Å². The first-order valence-corrected chi connectivity index (χ1v) is 8.78. The number of hydrogen-bond donors (Lipinski definition) is 5. The molecular formula is C20H22O8. The van der Waals surface area contributed by atoms with Crippen LogP contribution in [0.2, 0.25) is 0 Å². The summed E-state index contributed by atoms with van der Waals surface area (Å²) in [4.78, 5) is 12.4. The summed E-state index contributed by atoms with van der Waals surface area (Å²) >= 11 is 0. The molecule has 1 aliphatic rings. The van der Waals surface area contributed by atoms with Crippen LogP contribution in [0, 0.1) is 0 Å². The van der Waals surface area contributed by atoms with E-state index in [1.54, 1.807) is 0 Å². The summed E-state index contributed by atoms with van der Waals surface area (Å²) in [6.45, 7) is -0.580. The van der Waals surface area contributed by atoms with Gasteiger partial charge < -0.3 is 35.0 Å². The second kappa shape index (κ2) is 8.68. The number of aliphatic hydroxyl groups is 4. The molecule has 1 aliphatic heterocycles. The summed E-state index contributed by atoms with van der Waals surface area (Å²) in [5.41, 5.74) is 0.929. The van der Waals surface area contributed by atoms with E-state index in [4.69, 9.17) is 9.47 Å². The number of carbonyl (C=O) groups excluding carboxylic acids is 1. The lowest BCUT2D eigenvalue weighted by atomic mass is 9.99. The van der Waals surface area contributed by atoms with Gasteiger partial charge in [-0.3, -0.25) is 4.79 Å². The summed E-state index contributed by atoms with van der Waals surface area (Å²) in [6.07, 6.45) is -6.99. The van der Waals surface area contributed by atoms with Crippen molar-refractivity contribution in [3.05, 3.63) is 59.7 Å². The van der Waals surface area contributed by atoms with Gasteiger partial charge in [-0.15, -0.1) is 0 Å². The predicted octanol–water partition coefficient (Wildman–Crippen LogP) is -0.00370. The highest BCUT2D eigenvalue weighted by atomic mass is 16.7. The minimum Gasteiger partial charge on any atom is -0.507 e. The van der Waals surface area contributed by atoms with Crippen LogP contribution < -0.4 is 4.74 Å². The van der Waals surface area contributed by atoms with E-state index < -0.39 is 37.3 Å². The summed E-state index contributed by atoms with van der Waals surface area (Å²) in [6, 6.07) is 13.1. The summed E-state index contributed by atoms with van der Waals surface area (Å²) in [5, 5.41) is 49.0. The van der Waals surface area contributed by atoms with Gasteiger partial charge in [-0.2, -0.15) is 0 Å². The van der Waals surface area contributed by atoms with E-state index in [2.05, 4.69) is 0 Å². The van der Waals surface area contributed by atoms with Crippen LogP contribution in [0.4, 0.5) is 0 Å². The number of aromatic hydroxyl groups is 1. The maximum absolute atomic E-state index is 12.4. The fraction of sp³-hybridized carbons (Fsp3) is 0.350. The van der Waals surface area contributed by atoms with E-state index in [0.29, 0.717) is 0 Å². The lowest BCUT2D eigenvalue weighted by Gasteiger charge is -2.39. The molecule has 0 aliphatic carbocycles. The number of Topliss-reactive ketones (excluding diaryl/α,β-unsaturated/α-hetero) is 1. The molecule has 28 heavy (non-hydrogen) atoms. The van der Waals surface area contributed by atoms with Crippen LogP contribution in [0.5, 0.6) is 11.5 Å². The molecule has 0 unspecified atom stereocenters. The SMILES string of the molecule is O=C(Cc1ccccc1)c1ccc(O[C@@H]2O[C@@H](CO)[C@H](O)[C@@H](O)[C@@H]2O)cc1O. The minimum absolute atomic E-state index is 0.0816. The molecule has 0 spiro atoms. The molecule has 1 fully saturated rings. The molecule has 3 rings (SSSR count). The molecule has 1 heterocycles. The molecule has 1 saturated heterocycles. The van der Waals surface area contributed by atoms with Gasteiger partial charge in [-0.25, -0.2) is 0 Å². The summed E-state index contributed by atoms with van der Waals surface area (Å²) < 4.78 is 10.7. The topological polar surface area (TPSA) is 137 Å². The molecule has 5 N–H and O–H groups in total. The van der Waals surface area contributed by atoms with E-state index >= 15 is 0 Å². The van der Waals surface area contributed by atoms with Crippen molar-refractivity contribution < 1.29 is 39.8 Å².